The van der Waals surface area contributed by atoms with Crippen molar-refractivity contribution < 1.29 is 0 Å². The van der Waals surface area contributed by atoms with Crippen LogP contribution in [0.25, 0.3) is 0 Å². The zero-order valence-corrected chi connectivity index (χ0v) is 12.4. The van der Waals surface area contributed by atoms with Crippen LogP contribution in [0.5, 0.6) is 0 Å². The van der Waals surface area contributed by atoms with Crippen LogP contribution in [-0.4, -0.2) is 6.04 Å². The van der Waals surface area contributed by atoms with Gasteiger partial charge < -0.3 is 4.90 Å². The highest BCUT2D eigenvalue weighted by atomic mass is 32.1. The van der Waals surface area contributed by atoms with Crippen molar-refractivity contribution in [3.8, 4) is 6.07 Å². The minimum atomic E-state index is 0.358. The van der Waals surface area contributed by atoms with Crippen LogP contribution in [0.15, 0.2) is 35.7 Å². The number of hydrogen-bond donors (Lipinski definition) is 0. The SMILES string of the molecule is Cc1ccc(N(Cc2cccs2)C(C)C)c(C#N)c1. The molecule has 0 saturated heterocycles. The van der Waals surface area contributed by atoms with E-state index in [1.54, 1.807) is 11.3 Å². The van der Waals surface area contributed by atoms with Crippen molar-refractivity contribution in [1.29, 1.82) is 5.26 Å². The first kappa shape index (κ1) is 13.6. The first-order valence-corrected chi connectivity index (χ1v) is 7.29. The summed E-state index contributed by atoms with van der Waals surface area (Å²) in [7, 11) is 0. The Morgan fingerprint density at radius 2 is 2.11 bits per heavy atom. The molecule has 0 fully saturated rings. The lowest BCUT2D eigenvalue weighted by molar-refractivity contribution is 0.686. The summed E-state index contributed by atoms with van der Waals surface area (Å²) in [5.74, 6) is 0. The Bertz CT molecular complexity index is 579. The van der Waals surface area contributed by atoms with Gasteiger partial charge in [0, 0.05) is 10.9 Å². The zero-order chi connectivity index (χ0) is 13.8. The van der Waals surface area contributed by atoms with Crippen LogP contribution in [0.1, 0.15) is 29.9 Å². The topological polar surface area (TPSA) is 27.0 Å². The largest absolute Gasteiger partial charge is 0.363 e. The van der Waals surface area contributed by atoms with Gasteiger partial charge in [0.25, 0.3) is 0 Å². The number of nitrogens with zero attached hydrogens (tertiary/aromatic N) is 2. The van der Waals surface area contributed by atoms with Crippen molar-refractivity contribution in [2.75, 3.05) is 4.90 Å². The third-order valence-corrected chi connectivity index (χ3v) is 3.97. The Kier molecular flexibility index (Phi) is 4.24. The van der Waals surface area contributed by atoms with E-state index in [1.165, 1.54) is 4.88 Å². The van der Waals surface area contributed by atoms with Gasteiger partial charge >= 0.3 is 0 Å². The van der Waals surface area contributed by atoms with Gasteiger partial charge in [-0.05, 0) is 49.9 Å². The molecule has 3 heteroatoms. The minimum Gasteiger partial charge on any atom is -0.363 e. The molecule has 0 aliphatic carbocycles. The van der Waals surface area contributed by atoms with Crippen LogP contribution in [0, 0.1) is 18.3 Å². The van der Waals surface area contributed by atoms with Crippen LogP contribution in [-0.2, 0) is 6.54 Å². The molecule has 0 aliphatic rings. The quantitative estimate of drug-likeness (QED) is 0.826. The Balaban J connectivity index is 2.37. The Morgan fingerprint density at radius 1 is 1.32 bits per heavy atom. The summed E-state index contributed by atoms with van der Waals surface area (Å²) in [4.78, 5) is 3.60. The fourth-order valence-electron chi connectivity index (χ4n) is 2.11. The summed E-state index contributed by atoms with van der Waals surface area (Å²) < 4.78 is 0. The molecule has 0 amide bonds. The van der Waals surface area contributed by atoms with Gasteiger partial charge in [-0.1, -0.05) is 12.1 Å². The monoisotopic (exact) mass is 270 g/mol. The highest BCUT2D eigenvalue weighted by molar-refractivity contribution is 7.09. The molecule has 0 spiro atoms. The summed E-state index contributed by atoms with van der Waals surface area (Å²) in [6.07, 6.45) is 0. The molecule has 0 unspecified atom stereocenters. The lowest BCUT2D eigenvalue weighted by Crippen LogP contribution is -2.30. The third-order valence-electron chi connectivity index (χ3n) is 3.11. The van der Waals surface area contributed by atoms with Gasteiger partial charge in [-0.25, -0.2) is 0 Å². The van der Waals surface area contributed by atoms with Crippen LogP contribution in [0.3, 0.4) is 0 Å². The van der Waals surface area contributed by atoms with Crippen LogP contribution in [0.4, 0.5) is 5.69 Å². The third kappa shape index (κ3) is 3.15. The number of benzene rings is 1. The predicted molar refractivity (Wildman–Crippen MR) is 81.5 cm³/mol. The van der Waals surface area contributed by atoms with Gasteiger partial charge in [-0.2, -0.15) is 5.26 Å². The Hall–Kier alpha value is -1.79. The van der Waals surface area contributed by atoms with Gasteiger partial charge in [0.1, 0.15) is 6.07 Å². The van der Waals surface area contributed by atoms with Crippen molar-refractivity contribution in [2.24, 2.45) is 0 Å². The molecule has 0 bridgehead atoms. The number of rotatable bonds is 4. The van der Waals surface area contributed by atoms with Crippen molar-refractivity contribution in [3.05, 3.63) is 51.7 Å². The number of anilines is 1. The second-order valence-corrected chi connectivity index (χ2v) is 5.97. The summed E-state index contributed by atoms with van der Waals surface area (Å²) in [6, 6.07) is 13.0. The Morgan fingerprint density at radius 3 is 2.68 bits per heavy atom. The van der Waals surface area contributed by atoms with Crippen molar-refractivity contribution in [2.45, 2.75) is 33.4 Å². The van der Waals surface area contributed by atoms with Crippen molar-refractivity contribution in [3.63, 3.8) is 0 Å². The predicted octanol–water partition coefficient (Wildman–Crippen LogP) is 4.34. The van der Waals surface area contributed by atoms with Crippen LogP contribution >= 0.6 is 11.3 Å². The number of thiophene rings is 1. The van der Waals surface area contributed by atoms with E-state index < -0.39 is 0 Å². The second kappa shape index (κ2) is 5.90. The number of aryl methyl sites for hydroxylation is 1. The Labute approximate surface area is 118 Å². The van der Waals surface area contributed by atoms with E-state index in [4.69, 9.17) is 0 Å². The first-order chi connectivity index (χ1) is 9.11. The fraction of sp³-hybridized carbons (Fsp3) is 0.312. The lowest BCUT2D eigenvalue weighted by atomic mass is 10.1. The van der Waals surface area contributed by atoms with Crippen LogP contribution in [0.2, 0.25) is 0 Å². The maximum atomic E-state index is 9.33. The van der Waals surface area contributed by atoms with Crippen molar-refractivity contribution in [1.82, 2.24) is 0 Å². The van der Waals surface area contributed by atoms with Crippen LogP contribution < -0.4 is 4.90 Å². The van der Waals surface area contributed by atoms with Crippen molar-refractivity contribution >= 4 is 17.0 Å². The molecule has 0 aliphatic heterocycles. The number of nitriles is 1. The number of hydrogen-bond acceptors (Lipinski definition) is 3. The average molecular weight is 270 g/mol. The average Bonchev–Trinajstić information content (AvgIpc) is 2.89. The molecular formula is C16H18N2S. The van der Waals surface area contributed by atoms with Gasteiger partial charge in [-0.15, -0.1) is 11.3 Å². The summed E-state index contributed by atoms with van der Waals surface area (Å²) in [6.45, 7) is 7.19. The van der Waals surface area contributed by atoms with E-state index in [2.05, 4.69) is 54.5 Å². The smallest absolute Gasteiger partial charge is 0.101 e. The summed E-state index contributed by atoms with van der Waals surface area (Å²) >= 11 is 1.76. The minimum absolute atomic E-state index is 0.358. The second-order valence-electron chi connectivity index (χ2n) is 4.93. The molecule has 2 aromatic rings. The molecule has 0 atom stereocenters. The fourth-order valence-corrected chi connectivity index (χ4v) is 2.81. The molecule has 19 heavy (non-hydrogen) atoms. The molecule has 0 radical (unpaired) electrons. The maximum Gasteiger partial charge on any atom is 0.101 e. The lowest BCUT2D eigenvalue weighted by Gasteiger charge is -2.29. The zero-order valence-electron chi connectivity index (χ0n) is 11.6. The van der Waals surface area contributed by atoms with E-state index in [0.29, 0.717) is 6.04 Å². The summed E-state index contributed by atoms with van der Waals surface area (Å²) in [5.41, 5.74) is 2.90. The molecular weight excluding hydrogens is 252 g/mol. The summed E-state index contributed by atoms with van der Waals surface area (Å²) in [5, 5.41) is 11.4. The highest BCUT2D eigenvalue weighted by Gasteiger charge is 2.15. The maximum absolute atomic E-state index is 9.33. The highest BCUT2D eigenvalue weighted by Crippen LogP contribution is 2.26. The first-order valence-electron chi connectivity index (χ1n) is 6.41. The van der Waals surface area contributed by atoms with E-state index >= 15 is 0 Å². The van der Waals surface area contributed by atoms with E-state index in [9.17, 15) is 5.26 Å². The normalized spacial score (nSPS) is 10.5. The van der Waals surface area contributed by atoms with Gasteiger partial charge in [0.05, 0.1) is 17.8 Å². The molecule has 2 rings (SSSR count). The molecule has 0 N–H and O–H groups in total. The van der Waals surface area contributed by atoms with Gasteiger partial charge in [-0.3, -0.25) is 0 Å². The van der Waals surface area contributed by atoms with Gasteiger partial charge in [0.2, 0.25) is 0 Å². The molecule has 1 aromatic heterocycles. The molecule has 1 aromatic carbocycles. The molecule has 1 heterocycles. The van der Waals surface area contributed by atoms with E-state index in [0.717, 1.165) is 23.4 Å². The van der Waals surface area contributed by atoms with E-state index in [-0.39, 0.29) is 0 Å². The van der Waals surface area contributed by atoms with Gasteiger partial charge in [0.15, 0.2) is 0 Å². The molecule has 98 valence electrons. The standard InChI is InChI=1S/C16H18N2S/c1-12(2)18(11-15-5-4-8-19-15)16-7-6-13(3)9-14(16)10-17/h4-9,12H,11H2,1-3H3. The molecule has 0 saturated carbocycles. The molecule has 2 nitrogen and oxygen atoms in total. The van der Waals surface area contributed by atoms with E-state index in [1.807, 2.05) is 13.0 Å².